The van der Waals surface area contributed by atoms with Crippen LogP contribution in [0.15, 0.2) is 42.5 Å². The molecule has 4 heteroatoms. The minimum atomic E-state index is -0.850. The number of aryl methyl sites for hydroxylation is 1. The summed E-state index contributed by atoms with van der Waals surface area (Å²) in [5, 5.41) is 9.61. The molecule has 23 heavy (non-hydrogen) atoms. The molecule has 0 aliphatic rings. The number of ether oxygens (including phenoxy) is 2. The molecule has 0 bridgehead atoms. The minimum absolute atomic E-state index is 0.439. The molecular formula is C19H22O4. The highest BCUT2D eigenvalue weighted by Crippen LogP contribution is 2.32. The molecule has 2 aromatic carbocycles. The minimum Gasteiger partial charge on any atom is -0.493 e. The van der Waals surface area contributed by atoms with Crippen LogP contribution in [0.2, 0.25) is 0 Å². The zero-order chi connectivity index (χ0) is 16.8. The molecule has 0 spiro atoms. The number of methoxy groups -OCH3 is 2. The summed E-state index contributed by atoms with van der Waals surface area (Å²) < 4.78 is 10.5. The van der Waals surface area contributed by atoms with Gasteiger partial charge in [-0.15, -0.1) is 0 Å². The topological polar surface area (TPSA) is 55.8 Å². The van der Waals surface area contributed by atoms with Crippen molar-refractivity contribution in [2.75, 3.05) is 14.2 Å². The summed E-state index contributed by atoms with van der Waals surface area (Å²) in [5.74, 6) is -0.343. The van der Waals surface area contributed by atoms with Gasteiger partial charge in [-0.05, 0) is 41.7 Å². The molecular weight excluding hydrogens is 292 g/mol. The van der Waals surface area contributed by atoms with Gasteiger partial charge in [0, 0.05) is 0 Å². The molecule has 122 valence electrons. The van der Waals surface area contributed by atoms with E-state index in [9.17, 15) is 9.90 Å². The average molecular weight is 314 g/mol. The number of benzene rings is 2. The number of carbonyl (C=O) groups is 1. The second kappa shape index (κ2) is 7.68. The molecule has 0 amide bonds. The Kier molecular flexibility index (Phi) is 5.63. The third-order valence-electron chi connectivity index (χ3n) is 3.98. The lowest BCUT2D eigenvalue weighted by Crippen LogP contribution is -2.14. The molecule has 0 aliphatic carbocycles. The lowest BCUT2D eigenvalue weighted by Gasteiger charge is -2.16. The summed E-state index contributed by atoms with van der Waals surface area (Å²) in [5.41, 5.74) is 2.95. The highest BCUT2D eigenvalue weighted by molar-refractivity contribution is 5.77. The summed E-state index contributed by atoms with van der Waals surface area (Å²) >= 11 is 0. The predicted octanol–water partition coefficient (Wildman–Crippen LogP) is 3.68. The molecule has 0 radical (unpaired) electrons. The number of hydrogen-bond acceptors (Lipinski definition) is 3. The van der Waals surface area contributed by atoms with Gasteiger partial charge in [-0.25, -0.2) is 0 Å². The monoisotopic (exact) mass is 314 g/mol. The Morgan fingerprint density at radius 2 is 1.61 bits per heavy atom. The van der Waals surface area contributed by atoms with Gasteiger partial charge in [-0.2, -0.15) is 0 Å². The van der Waals surface area contributed by atoms with E-state index in [0.29, 0.717) is 23.5 Å². The number of hydrogen-bond donors (Lipinski definition) is 1. The fourth-order valence-electron chi connectivity index (χ4n) is 2.56. The smallest absolute Gasteiger partial charge is 0.311 e. The van der Waals surface area contributed by atoms with Gasteiger partial charge < -0.3 is 14.6 Å². The molecule has 0 aromatic heterocycles. The molecule has 0 aliphatic heterocycles. The van der Waals surface area contributed by atoms with Crippen molar-refractivity contribution >= 4 is 5.97 Å². The van der Waals surface area contributed by atoms with Crippen molar-refractivity contribution in [1.82, 2.24) is 0 Å². The first-order valence-electron chi connectivity index (χ1n) is 7.61. The zero-order valence-electron chi connectivity index (χ0n) is 13.7. The van der Waals surface area contributed by atoms with Gasteiger partial charge >= 0.3 is 5.97 Å². The van der Waals surface area contributed by atoms with Gasteiger partial charge in [0.25, 0.3) is 0 Å². The Bertz CT molecular complexity index is 662. The first-order chi connectivity index (χ1) is 11.1. The Balaban J connectivity index is 2.29. The third-order valence-corrected chi connectivity index (χ3v) is 3.98. The van der Waals surface area contributed by atoms with Crippen molar-refractivity contribution < 1.29 is 19.4 Å². The normalized spacial score (nSPS) is 11.8. The predicted molar refractivity (Wildman–Crippen MR) is 89.4 cm³/mol. The van der Waals surface area contributed by atoms with E-state index in [4.69, 9.17) is 9.47 Å². The summed E-state index contributed by atoms with van der Waals surface area (Å²) in [6, 6.07) is 13.3. The molecule has 4 nitrogen and oxygen atoms in total. The van der Waals surface area contributed by atoms with E-state index in [1.807, 2.05) is 24.3 Å². The summed E-state index contributed by atoms with van der Waals surface area (Å²) in [7, 11) is 3.10. The molecule has 0 fully saturated rings. The van der Waals surface area contributed by atoms with Crippen LogP contribution in [0.25, 0.3) is 0 Å². The maximum Gasteiger partial charge on any atom is 0.311 e. The maximum atomic E-state index is 11.7. The van der Waals surface area contributed by atoms with E-state index in [1.165, 1.54) is 5.56 Å². The fourth-order valence-corrected chi connectivity index (χ4v) is 2.56. The molecule has 2 aromatic rings. The van der Waals surface area contributed by atoms with E-state index < -0.39 is 11.9 Å². The van der Waals surface area contributed by atoms with E-state index in [1.54, 1.807) is 32.4 Å². The zero-order valence-corrected chi connectivity index (χ0v) is 13.7. The Morgan fingerprint density at radius 1 is 1.00 bits per heavy atom. The SMILES string of the molecule is CCc1ccc(CC(C(=O)O)c2ccc(OC)c(OC)c2)cc1. The molecule has 1 N–H and O–H groups in total. The van der Waals surface area contributed by atoms with E-state index in [0.717, 1.165) is 12.0 Å². The van der Waals surface area contributed by atoms with Crippen molar-refractivity contribution in [3.05, 3.63) is 59.2 Å². The van der Waals surface area contributed by atoms with Crippen LogP contribution in [-0.4, -0.2) is 25.3 Å². The Morgan fingerprint density at radius 3 is 2.13 bits per heavy atom. The van der Waals surface area contributed by atoms with Gasteiger partial charge in [0.05, 0.1) is 20.1 Å². The van der Waals surface area contributed by atoms with Crippen molar-refractivity contribution in [3.8, 4) is 11.5 Å². The lowest BCUT2D eigenvalue weighted by atomic mass is 9.91. The summed E-state index contributed by atoms with van der Waals surface area (Å²) in [6.45, 7) is 2.10. The van der Waals surface area contributed by atoms with Crippen LogP contribution in [-0.2, 0) is 17.6 Å². The van der Waals surface area contributed by atoms with Gasteiger partial charge in [0.1, 0.15) is 0 Å². The second-order valence-corrected chi connectivity index (χ2v) is 5.38. The second-order valence-electron chi connectivity index (χ2n) is 5.38. The number of carboxylic acid groups (broad SMARTS) is 1. The number of carboxylic acids is 1. The van der Waals surface area contributed by atoms with Gasteiger partial charge in [0.15, 0.2) is 11.5 Å². The first-order valence-corrected chi connectivity index (χ1v) is 7.61. The Hall–Kier alpha value is -2.49. The van der Waals surface area contributed by atoms with Crippen LogP contribution >= 0.6 is 0 Å². The van der Waals surface area contributed by atoms with Crippen LogP contribution in [0, 0.1) is 0 Å². The summed E-state index contributed by atoms with van der Waals surface area (Å²) in [6.07, 6.45) is 1.41. The largest absolute Gasteiger partial charge is 0.493 e. The standard InChI is InChI=1S/C19H22O4/c1-4-13-5-7-14(8-6-13)11-16(19(20)21)15-9-10-17(22-2)18(12-15)23-3/h5-10,12,16H,4,11H2,1-3H3,(H,20,21). The van der Waals surface area contributed by atoms with Gasteiger partial charge in [-0.1, -0.05) is 37.3 Å². The average Bonchev–Trinajstić information content (AvgIpc) is 2.59. The van der Waals surface area contributed by atoms with E-state index in [-0.39, 0.29) is 0 Å². The van der Waals surface area contributed by atoms with Crippen LogP contribution < -0.4 is 9.47 Å². The third kappa shape index (κ3) is 4.03. The van der Waals surface area contributed by atoms with Crippen molar-refractivity contribution in [3.63, 3.8) is 0 Å². The van der Waals surface area contributed by atoms with Crippen molar-refractivity contribution in [2.24, 2.45) is 0 Å². The van der Waals surface area contributed by atoms with Crippen molar-refractivity contribution in [2.45, 2.75) is 25.7 Å². The first kappa shape index (κ1) is 16.9. The van der Waals surface area contributed by atoms with E-state index >= 15 is 0 Å². The highest BCUT2D eigenvalue weighted by Gasteiger charge is 2.22. The molecule has 2 rings (SSSR count). The van der Waals surface area contributed by atoms with Crippen LogP contribution in [0.3, 0.4) is 0 Å². The molecule has 1 atom stereocenters. The van der Waals surface area contributed by atoms with Crippen LogP contribution in [0.4, 0.5) is 0 Å². The molecule has 0 saturated carbocycles. The molecule has 1 unspecified atom stereocenters. The van der Waals surface area contributed by atoms with E-state index in [2.05, 4.69) is 6.92 Å². The Labute approximate surface area is 136 Å². The number of aliphatic carboxylic acids is 1. The van der Waals surface area contributed by atoms with Crippen LogP contribution in [0.1, 0.15) is 29.5 Å². The quantitative estimate of drug-likeness (QED) is 0.847. The summed E-state index contributed by atoms with van der Waals surface area (Å²) in [4.78, 5) is 11.7. The van der Waals surface area contributed by atoms with Crippen LogP contribution in [0.5, 0.6) is 11.5 Å². The number of rotatable bonds is 7. The molecule has 0 saturated heterocycles. The maximum absolute atomic E-state index is 11.7. The highest BCUT2D eigenvalue weighted by atomic mass is 16.5. The van der Waals surface area contributed by atoms with Crippen molar-refractivity contribution in [1.29, 1.82) is 0 Å². The van der Waals surface area contributed by atoms with Gasteiger partial charge in [-0.3, -0.25) is 4.79 Å². The molecule has 0 heterocycles. The van der Waals surface area contributed by atoms with Gasteiger partial charge in [0.2, 0.25) is 0 Å². The lowest BCUT2D eigenvalue weighted by molar-refractivity contribution is -0.138. The fraction of sp³-hybridized carbons (Fsp3) is 0.316.